The molecule has 0 amide bonds. The van der Waals surface area contributed by atoms with Gasteiger partial charge in [-0.25, -0.2) is 4.98 Å². The summed E-state index contributed by atoms with van der Waals surface area (Å²) in [6.45, 7) is 5.53. The Bertz CT molecular complexity index is 482. The van der Waals surface area contributed by atoms with Gasteiger partial charge in [-0.3, -0.25) is 0 Å². The standard InChI is InChI=1S/C13H16N2S/c1-13(2)7-11(13)14-8-12-15-9-5-3-4-6-10(9)16-12/h3-6,11,14H,7-8H2,1-2H3. The fraction of sp³-hybridized carbons (Fsp3) is 0.462. The fourth-order valence-electron chi connectivity index (χ4n) is 2.02. The van der Waals surface area contributed by atoms with Crippen LogP contribution in [-0.2, 0) is 6.54 Å². The van der Waals surface area contributed by atoms with Crippen LogP contribution in [0.2, 0.25) is 0 Å². The van der Waals surface area contributed by atoms with Crippen molar-refractivity contribution < 1.29 is 0 Å². The summed E-state index contributed by atoms with van der Waals surface area (Å²) in [5, 5.41) is 4.77. The fourth-order valence-corrected chi connectivity index (χ4v) is 2.94. The molecule has 0 saturated heterocycles. The number of hydrogen-bond donors (Lipinski definition) is 1. The van der Waals surface area contributed by atoms with E-state index in [1.165, 1.54) is 16.1 Å². The lowest BCUT2D eigenvalue weighted by molar-refractivity contribution is 0.541. The minimum absolute atomic E-state index is 0.497. The van der Waals surface area contributed by atoms with Gasteiger partial charge < -0.3 is 5.32 Å². The first-order chi connectivity index (χ1) is 7.65. The van der Waals surface area contributed by atoms with Gasteiger partial charge in [0.05, 0.1) is 10.2 Å². The molecule has 84 valence electrons. The number of aromatic nitrogens is 1. The highest BCUT2D eigenvalue weighted by Crippen LogP contribution is 2.44. The third kappa shape index (κ3) is 1.85. The molecule has 1 heterocycles. The summed E-state index contributed by atoms with van der Waals surface area (Å²) in [5.41, 5.74) is 1.62. The average molecular weight is 232 g/mol. The molecule has 0 radical (unpaired) electrons. The SMILES string of the molecule is CC1(C)CC1NCc1nc2ccccc2s1. The second-order valence-electron chi connectivity index (χ2n) is 5.20. The smallest absolute Gasteiger partial charge is 0.108 e. The molecule has 2 aromatic rings. The van der Waals surface area contributed by atoms with Crippen molar-refractivity contribution in [3.05, 3.63) is 29.3 Å². The average Bonchev–Trinajstić information content (AvgIpc) is 2.72. The molecule has 1 atom stereocenters. The molecular formula is C13H16N2S. The zero-order chi connectivity index (χ0) is 11.2. The number of para-hydroxylation sites is 1. The second kappa shape index (κ2) is 3.54. The zero-order valence-electron chi connectivity index (χ0n) is 9.66. The van der Waals surface area contributed by atoms with Crippen LogP contribution < -0.4 is 5.32 Å². The maximum absolute atomic E-state index is 4.62. The van der Waals surface area contributed by atoms with Gasteiger partial charge in [0.25, 0.3) is 0 Å². The van der Waals surface area contributed by atoms with E-state index in [0.717, 1.165) is 12.1 Å². The molecule has 1 aliphatic rings. The lowest BCUT2D eigenvalue weighted by atomic mass is 10.2. The second-order valence-corrected chi connectivity index (χ2v) is 6.32. The maximum atomic E-state index is 4.62. The Kier molecular flexibility index (Phi) is 2.26. The Hall–Kier alpha value is -0.930. The number of thiazole rings is 1. The molecule has 0 spiro atoms. The summed E-state index contributed by atoms with van der Waals surface area (Å²) in [5.74, 6) is 0. The van der Waals surface area contributed by atoms with Crippen molar-refractivity contribution >= 4 is 21.6 Å². The first-order valence-corrected chi connectivity index (χ1v) is 6.55. The summed E-state index contributed by atoms with van der Waals surface area (Å²) in [6.07, 6.45) is 1.29. The van der Waals surface area contributed by atoms with Crippen LogP contribution in [0, 0.1) is 5.41 Å². The number of nitrogens with one attached hydrogen (secondary N) is 1. The van der Waals surface area contributed by atoms with E-state index in [9.17, 15) is 0 Å². The molecule has 2 nitrogen and oxygen atoms in total. The highest BCUT2D eigenvalue weighted by atomic mass is 32.1. The molecule has 1 fully saturated rings. The lowest BCUT2D eigenvalue weighted by Crippen LogP contribution is -2.19. The van der Waals surface area contributed by atoms with Crippen LogP contribution in [0.25, 0.3) is 10.2 Å². The molecule has 16 heavy (non-hydrogen) atoms. The van der Waals surface area contributed by atoms with Crippen molar-refractivity contribution in [3.63, 3.8) is 0 Å². The molecule has 3 rings (SSSR count). The van der Waals surface area contributed by atoms with Crippen molar-refractivity contribution in [3.8, 4) is 0 Å². The van der Waals surface area contributed by atoms with Crippen molar-refractivity contribution in [1.82, 2.24) is 10.3 Å². The van der Waals surface area contributed by atoms with Gasteiger partial charge in [0, 0.05) is 12.6 Å². The first-order valence-electron chi connectivity index (χ1n) is 5.73. The third-order valence-electron chi connectivity index (χ3n) is 3.35. The molecule has 1 aromatic carbocycles. The third-order valence-corrected chi connectivity index (χ3v) is 4.39. The summed E-state index contributed by atoms with van der Waals surface area (Å²) < 4.78 is 1.29. The Morgan fingerprint density at radius 3 is 2.88 bits per heavy atom. The van der Waals surface area contributed by atoms with Crippen LogP contribution in [0.5, 0.6) is 0 Å². The van der Waals surface area contributed by atoms with E-state index in [1.807, 2.05) is 6.07 Å². The first kappa shape index (κ1) is 10.2. The molecule has 0 bridgehead atoms. The maximum Gasteiger partial charge on any atom is 0.108 e. The van der Waals surface area contributed by atoms with Crippen LogP contribution in [0.15, 0.2) is 24.3 Å². The van der Waals surface area contributed by atoms with Crippen LogP contribution in [-0.4, -0.2) is 11.0 Å². The summed E-state index contributed by atoms with van der Waals surface area (Å²) in [4.78, 5) is 4.62. The van der Waals surface area contributed by atoms with E-state index >= 15 is 0 Å². The van der Waals surface area contributed by atoms with Crippen molar-refractivity contribution in [2.45, 2.75) is 32.9 Å². The predicted octanol–water partition coefficient (Wildman–Crippen LogP) is 3.18. The zero-order valence-corrected chi connectivity index (χ0v) is 10.5. The minimum atomic E-state index is 0.497. The highest BCUT2D eigenvalue weighted by molar-refractivity contribution is 7.18. The van der Waals surface area contributed by atoms with E-state index < -0.39 is 0 Å². The largest absolute Gasteiger partial charge is 0.307 e. The van der Waals surface area contributed by atoms with Gasteiger partial charge in [0.15, 0.2) is 0 Å². The molecule has 1 aliphatic carbocycles. The van der Waals surface area contributed by atoms with E-state index in [-0.39, 0.29) is 0 Å². The highest BCUT2D eigenvalue weighted by Gasteiger charge is 2.45. The van der Waals surface area contributed by atoms with Gasteiger partial charge in [0.2, 0.25) is 0 Å². The van der Waals surface area contributed by atoms with Gasteiger partial charge >= 0.3 is 0 Å². The summed E-state index contributed by atoms with van der Waals surface area (Å²) in [7, 11) is 0. The Labute approximate surface area is 99.7 Å². The van der Waals surface area contributed by atoms with Gasteiger partial charge in [-0.2, -0.15) is 0 Å². The van der Waals surface area contributed by atoms with Crippen LogP contribution in [0.4, 0.5) is 0 Å². The number of fused-ring (bicyclic) bond motifs is 1. The minimum Gasteiger partial charge on any atom is -0.307 e. The summed E-state index contributed by atoms with van der Waals surface area (Å²) >= 11 is 1.79. The Morgan fingerprint density at radius 1 is 1.44 bits per heavy atom. The van der Waals surface area contributed by atoms with Crippen LogP contribution in [0.1, 0.15) is 25.3 Å². The van der Waals surface area contributed by atoms with Gasteiger partial charge in [0.1, 0.15) is 5.01 Å². The Morgan fingerprint density at radius 2 is 2.19 bits per heavy atom. The van der Waals surface area contributed by atoms with Crippen molar-refractivity contribution in [2.75, 3.05) is 0 Å². The van der Waals surface area contributed by atoms with Gasteiger partial charge in [-0.15, -0.1) is 11.3 Å². The monoisotopic (exact) mass is 232 g/mol. The number of nitrogens with zero attached hydrogens (tertiary/aromatic N) is 1. The number of benzene rings is 1. The Balaban J connectivity index is 1.70. The van der Waals surface area contributed by atoms with E-state index in [0.29, 0.717) is 11.5 Å². The number of hydrogen-bond acceptors (Lipinski definition) is 3. The van der Waals surface area contributed by atoms with E-state index in [2.05, 4.69) is 42.3 Å². The van der Waals surface area contributed by atoms with E-state index in [1.54, 1.807) is 11.3 Å². The molecular weight excluding hydrogens is 216 g/mol. The van der Waals surface area contributed by atoms with Crippen LogP contribution >= 0.6 is 11.3 Å². The van der Waals surface area contributed by atoms with Crippen molar-refractivity contribution in [1.29, 1.82) is 0 Å². The number of rotatable bonds is 3. The molecule has 3 heteroatoms. The summed E-state index contributed by atoms with van der Waals surface area (Å²) in [6, 6.07) is 9.01. The molecule has 1 N–H and O–H groups in total. The van der Waals surface area contributed by atoms with Crippen LogP contribution in [0.3, 0.4) is 0 Å². The van der Waals surface area contributed by atoms with Gasteiger partial charge in [-0.1, -0.05) is 26.0 Å². The molecule has 1 aromatic heterocycles. The molecule has 1 saturated carbocycles. The predicted molar refractivity (Wildman–Crippen MR) is 68.6 cm³/mol. The van der Waals surface area contributed by atoms with Crippen molar-refractivity contribution in [2.24, 2.45) is 5.41 Å². The van der Waals surface area contributed by atoms with Gasteiger partial charge in [-0.05, 0) is 24.0 Å². The normalized spacial score (nSPS) is 22.5. The van der Waals surface area contributed by atoms with E-state index in [4.69, 9.17) is 0 Å². The molecule has 1 unspecified atom stereocenters. The quantitative estimate of drug-likeness (QED) is 0.879. The topological polar surface area (TPSA) is 24.9 Å². The lowest BCUT2D eigenvalue weighted by Gasteiger charge is -2.03. The molecule has 0 aliphatic heterocycles.